The molecule has 5 heteroatoms. The van der Waals surface area contributed by atoms with Crippen LogP contribution in [0.3, 0.4) is 0 Å². The highest BCUT2D eigenvalue weighted by Gasteiger charge is 2.36. The Hall–Kier alpha value is -1.26. The van der Waals surface area contributed by atoms with Gasteiger partial charge in [-0.25, -0.2) is 0 Å². The summed E-state index contributed by atoms with van der Waals surface area (Å²) in [7, 11) is 3.45. The molecule has 1 aliphatic carbocycles. The van der Waals surface area contributed by atoms with Gasteiger partial charge >= 0.3 is 0 Å². The van der Waals surface area contributed by atoms with Crippen LogP contribution < -0.4 is 15.4 Å². The molecule has 20 heavy (non-hydrogen) atoms. The van der Waals surface area contributed by atoms with E-state index < -0.39 is 0 Å². The lowest BCUT2D eigenvalue weighted by atomic mass is 9.88. The van der Waals surface area contributed by atoms with Crippen LogP contribution >= 0.6 is 12.4 Å². The molecule has 1 fully saturated rings. The molecule has 0 unspecified atom stereocenters. The molecule has 1 amide bonds. The Kier molecular flexibility index (Phi) is 6.30. The third kappa shape index (κ3) is 3.64. The van der Waals surface area contributed by atoms with E-state index in [1.54, 1.807) is 14.2 Å². The molecular weight excluding hydrogens is 276 g/mol. The van der Waals surface area contributed by atoms with Crippen LogP contribution in [0.2, 0.25) is 0 Å². The molecule has 0 saturated heterocycles. The maximum Gasteiger partial charge on any atom is 0.234 e. The summed E-state index contributed by atoms with van der Waals surface area (Å²) in [6.07, 6.45) is 4.33. The number of nitrogens with one attached hydrogen (secondary N) is 2. The van der Waals surface area contributed by atoms with Gasteiger partial charge in [0.05, 0.1) is 19.2 Å². The summed E-state index contributed by atoms with van der Waals surface area (Å²) in [5, 5.41) is 6.10. The SMILES string of the molecule is CNCC(=O)NC1(c2ccc(OC)cc2)CCCC1.Cl. The Morgan fingerprint density at radius 1 is 1.25 bits per heavy atom. The second kappa shape index (κ2) is 7.50. The van der Waals surface area contributed by atoms with Crippen molar-refractivity contribution in [2.45, 2.75) is 31.2 Å². The van der Waals surface area contributed by atoms with Crippen LogP contribution in [-0.4, -0.2) is 26.6 Å². The van der Waals surface area contributed by atoms with Gasteiger partial charge in [-0.05, 0) is 37.6 Å². The Morgan fingerprint density at radius 3 is 2.35 bits per heavy atom. The topological polar surface area (TPSA) is 50.4 Å². The number of ether oxygens (including phenoxy) is 1. The quantitative estimate of drug-likeness (QED) is 0.876. The highest BCUT2D eigenvalue weighted by molar-refractivity contribution is 5.85. The van der Waals surface area contributed by atoms with Crippen molar-refractivity contribution in [3.63, 3.8) is 0 Å². The second-order valence-corrected chi connectivity index (χ2v) is 5.10. The van der Waals surface area contributed by atoms with Gasteiger partial charge in [-0.1, -0.05) is 25.0 Å². The number of amides is 1. The molecular formula is C15H23ClN2O2. The Morgan fingerprint density at radius 2 is 1.85 bits per heavy atom. The lowest BCUT2D eigenvalue weighted by Crippen LogP contribution is -2.46. The van der Waals surface area contributed by atoms with E-state index in [2.05, 4.69) is 22.8 Å². The van der Waals surface area contributed by atoms with Gasteiger partial charge < -0.3 is 15.4 Å². The number of likely N-dealkylation sites (N-methyl/N-ethyl adjacent to an activating group) is 1. The Balaban J connectivity index is 0.00000200. The smallest absolute Gasteiger partial charge is 0.234 e. The Labute approximate surface area is 126 Å². The molecule has 0 heterocycles. The van der Waals surface area contributed by atoms with Gasteiger partial charge in [0, 0.05) is 0 Å². The molecule has 1 aromatic rings. The highest BCUT2D eigenvalue weighted by Crippen LogP contribution is 2.39. The predicted molar refractivity (Wildman–Crippen MR) is 82.5 cm³/mol. The maximum atomic E-state index is 11.9. The number of benzene rings is 1. The third-order valence-corrected chi connectivity index (χ3v) is 3.82. The summed E-state index contributed by atoms with van der Waals surface area (Å²) in [6.45, 7) is 0.359. The van der Waals surface area contributed by atoms with Crippen LogP contribution in [-0.2, 0) is 10.3 Å². The lowest BCUT2D eigenvalue weighted by molar-refractivity contribution is -0.122. The summed E-state index contributed by atoms with van der Waals surface area (Å²) >= 11 is 0. The first-order chi connectivity index (χ1) is 9.20. The van der Waals surface area contributed by atoms with Gasteiger partial charge in [0.1, 0.15) is 5.75 Å². The normalized spacial score (nSPS) is 16.3. The van der Waals surface area contributed by atoms with Crippen LogP contribution in [0.1, 0.15) is 31.2 Å². The van der Waals surface area contributed by atoms with Crippen molar-refractivity contribution in [3.05, 3.63) is 29.8 Å². The summed E-state index contributed by atoms with van der Waals surface area (Å²) in [5.41, 5.74) is 0.982. The number of hydrogen-bond acceptors (Lipinski definition) is 3. The third-order valence-electron chi connectivity index (χ3n) is 3.82. The molecule has 112 valence electrons. The van der Waals surface area contributed by atoms with Gasteiger partial charge in [-0.15, -0.1) is 12.4 Å². The summed E-state index contributed by atoms with van der Waals surface area (Å²) < 4.78 is 5.19. The van der Waals surface area contributed by atoms with E-state index in [1.165, 1.54) is 5.56 Å². The number of carbonyl (C=O) groups is 1. The van der Waals surface area contributed by atoms with Crippen LogP contribution in [0.5, 0.6) is 5.75 Å². The minimum atomic E-state index is -0.194. The zero-order valence-electron chi connectivity index (χ0n) is 12.1. The maximum absolute atomic E-state index is 11.9. The number of methoxy groups -OCH3 is 1. The van der Waals surface area contributed by atoms with Gasteiger partial charge in [0.25, 0.3) is 0 Å². The van der Waals surface area contributed by atoms with E-state index in [4.69, 9.17) is 4.74 Å². The first kappa shape index (κ1) is 16.8. The molecule has 0 bridgehead atoms. The van der Waals surface area contributed by atoms with Crippen LogP contribution in [0, 0.1) is 0 Å². The fourth-order valence-corrected chi connectivity index (χ4v) is 2.85. The van der Waals surface area contributed by atoms with Gasteiger partial charge in [0.15, 0.2) is 0 Å². The molecule has 2 N–H and O–H groups in total. The highest BCUT2D eigenvalue weighted by atomic mass is 35.5. The number of halogens is 1. The summed E-state index contributed by atoms with van der Waals surface area (Å²) in [4.78, 5) is 11.9. The van der Waals surface area contributed by atoms with Crippen molar-refractivity contribution >= 4 is 18.3 Å². The van der Waals surface area contributed by atoms with Gasteiger partial charge in [-0.3, -0.25) is 4.79 Å². The van der Waals surface area contributed by atoms with Crippen molar-refractivity contribution in [1.82, 2.24) is 10.6 Å². The predicted octanol–water partition coefficient (Wildman–Crippen LogP) is 2.22. The number of rotatable bonds is 5. The molecule has 1 saturated carbocycles. The van der Waals surface area contributed by atoms with Gasteiger partial charge in [0.2, 0.25) is 5.91 Å². The van der Waals surface area contributed by atoms with E-state index in [0.29, 0.717) is 6.54 Å². The fourth-order valence-electron chi connectivity index (χ4n) is 2.85. The van der Waals surface area contributed by atoms with Crippen molar-refractivity contribution in [3.8, 4) is 5.75 Å². The van der Waals surface area contributed by atoms with Crippen LogP contribution in [0.4, 0.5) is 0 Å². The van der Waals surface area contributed by atoms with E-state index in [9.17, 15) is 4.79 Å². The van der Waals surface area contributed by atoms with Crippen LogP contribution in [0.25, 0.3) is 0 Å². The molecule has 0 radical (unpaired) electrons. The summed E-state index contributed by atoms with van der Waals surface area (Å²) in [6, 6.07) is 8.03. The molecule has 0 aromatic heterocycles. The largest absolute Gasteiger partial charge is 0.497 e. The molecule has 1 aliphatic rings. The zero-order valence-corrected chi connectivity index (χ0v) is 12.9. The minimum Gasteiger partial charge on any atom is -0.497 e. The molecule has 0 spiro atoms. The summed E-state index contributed by atoms with van der Waals surface area (Å²) in [5.74, 6) is 0.902. The standard InChI is InChI=1S/C15H22N2O2.ClH/c1-16-11-14(18)17-15(9-3-4-10-15)12-5-7-13(19-2)8-6-12;/h5-8,16H,3-4,9-11H2,1-2H3,(H,17,18);1H. The number of carbonyl (C=O) groups excluding carboxylic acids is 1. The zero-order chi connectivity index (χ0) is 13.7. The van der Waals surface area contributed by atoms with Crippen molar-refractivity contribution in [1.29, 1.82) is 0 Å². The Bertz CT molecular complexity index is 428. The lowest BCUT2D eigenvalue weighted by Gasteiger charge is -2.31. The molecule has 2 rings (SSSR count). The van der Waals surface area contributed by atoms with Crippen molar-refractivity contribution < 1.29 is 9.53 Å². The van der Waals surface area contributed by atoms with Gasteiger partial charge in [-0.2, -0.15) is 0 Å². The molecule has 0 aliphatic heterocycles. The molecule has 4 nitrogen and oxygen atoms in total. The van der Waals surface area contributed by atoms with Crippen molar-refractivity contribution in [2.75, 3.05) is 20.7 Å². The van der Waals surface area contributed by atoms with E-state index in [-0.39, 0.29) is 23.9 Å². The minimum absolute atomic E-state index is 0. The van der Waals surface area contributed by atoms with Crippen LogP contribution in [0.15, 0.2) is 24.3 Å². The number of hydrogen-bond donors (Lipinski definition) is 2. The van der Waals surface area contributed by atoms with E-state index >= 15 is 0 Å². The van der Waals surface area contributed by atoms with Crippen molar-refractivity contribution in [2.24, 2.45) is 0 Å². The average molecular weight is 299 g/mol. The fraction of sp³-hybridized carbons (Fsp3) is 0.533. The molecule has 1 aromatic carbocycles. The van der Waals surface area contributed by atoms with E-state index in [1.807, 2.05) is 12.1 Å². The van der Waals surface area contributed by atoms with E-state index in [0.717, 1.165) is 31.4 Å². The monoisotopic (exact) mass is 298 g/mol. The second-order valence-electron chi connectivity index (χ2n) is 5.10. The first-order valence-electron chi connectivity index (χ1n) is 6.80. The first-order valence-corrected chi connectivity index (χ1v) is 6.80. The average Bonchev–Trinajstić information content (AvgIpc) is 2.89. The molecule has 0 atom stereocenters.